The molecule has 0 saturated carbocycles. The van der Waals surface area contributed by atoms with Crippen molar-refractivity contribution in [2.24, 2.45) is 0 Å². The van der Waals surface area contributed by atoms with E-state index in [0.29, 0.717) is 16.7 Å². The molecule has 0 aliphatic carbocycles. The van der Waals surface area contributed by atoms with Crippen LogP contribution >= 0.6 is 23.2 Å². The van der Waals surface area contributed by atoms with E-state index in [1.165, 1.54) is 5.56 Å². The summed E-state index contributed by atoms with van der Waals surface area (Å²) in [5.41, 5.74) is 2.26. The number of halogens is 2. The highest BCUT2D eigenvalue weighted by Crippen LogP contribution is 2.23. The minimum Gasteiger partial charge on any atom is -0.489 e. The van der Waals surface area contributed by atoms with Gasteiger partial charge in [-0.1, -0.05) is 41.4 Å². The first-order valence-electron chi connectivity index (χ1n) is 7.24. The predicted octanol–water partition coefficient (Wildman–Crippen LogP) is 5.46. The van der Waals surface area contributed by atoms with Crippen LogP contribution in [0.3, 0.4) is 0 Å². The first kappa shape index (κ1) is 17.1. The van der Waals surface area contributed by atoms with Gasteiger partial charge in [0.25, 0.3) is 0 Å². The van der Waals surface area contributed by atoms with Gasteiger partial charge in [-0.05, 0) is 50.6 Å². The van der Waals surface area contributed by atoms with Gasteiger partial charge in [0.1, 0.15) is 12.4 Å². The zero-order valence-corrected chi connectivity index (χ0v) is 14.6. The van der Waals surface area contributed by atoms with Crippen molar-refractivity contribution in [3.8, 4) is 5.75 Å². The molecule has 2 nitrogen and oxygen atoms in total. The summed E-state index contributed by atoms with van der Waals surface area (Å²) >= 11 is 12.0. The maximum absolute atomic E-state index is 6.13. The fraction of sp³-hybridized carbons (Fsp3) is 0.333. The normalized spacial score (nSPS) is 11.5. The van der Waals surface area contributed by atoms with Crippen molar-refractivity contribution in [3.63, 3.8) is 0 Å². The Hall–Kier alpha value is -1.22. The Kier molecular flexibility index (Phi) is 5.74. The third kappa shape index (κ3) is 5.53. The number of benzene rings is 2. The zero-order valence-electron chi connectivity index (χ0n) is 13.1. The lowest BCUT2D eigenvalue weighted by atomic mass is 10.1. The zero-order chi connectivity index (χ0) is 16.2. The quantitative estimate of drug-likeness (QED) is 0.781. The van der Waals surface area contributed by atoms with Gasteiger partial charge in [0.15, 0.2) is 0 Å². The lowest BCUT2D eigenvalue weighted by Gasteiger charge is -2.20. The Balaban J connectivity index is 1.91. The van der Waals surface area contributed by atoms with E-state index >= 15 is 0 Å². The number of ether oxygens (including phenoxy) is 1. The third-order valence-corrected chi connectivity index (χ3v) is 3.74. The molecule has 0 spiro atoms. The standard InChI is InChI=1S/C18H21Cl2NO/c1-18(2,3)21-11-13-4-8-16(9-5-13)22-12-14-6-7-15(19)10-17(14)20/h4-10,21H,11-12H2,1-3H3. The van der Waals surface area contributed by atoms with Crippen LogP contribution < -0.4 is 10.1 Å². The van der Waals surface area contributed by atoms with Crippen LogP contribution in [0.15, 0.2) is 42.5 Å². The molecule has 0 aliphatic heterocycles. The molecule has 0 heterocycles. The van der Waals surface area contributed by atoms with Crippen molar-refractivity contribution in [2.45, 2.75) is 39.5 Å². The topological polar surface area (TPSA) is 21.3 Å². The van der Waals surface area contributed by atoms with Gasteiger partial charge in [0, 0.05) is 27.7 Å². The van der Waals surface area contributed by atoms with E-state index in [1.54, 1.807) is 6.07 Å². The van der Waals surface area contributed by atoms with Crippen molar-refractivity contribution in [3.05, 3.63) is 63.6 Å². The maximum Gasteiger partial charge on any atom is 0.119 e. The molecule has 1 N–H and O–H groups in total. The molecule has 0 bridgehead atoms. The summed E-state index contributed by atoms with van der Waals surface area (Å²) in [5, 5.41) is 4.71. The number of nitrogens with one attached hydrogen (secondary N) is 1. The molecule has 22 heavy (non-hydrogen) atoms. The van der Waals surface area contributed by atoms with Gasteiger partial charge >= 0.3 is 0 Å². The van der Waals surface area contributed by atoms with Crippen LogP contribution in [0.5, 0.6) is 5.75 Å². The lowest BCUT2D eigenvalue weighted by molar-refractivity contribution is 0.306. The monoisotopic (exact) mass is 337 g/mol. The molecule has 2 aromatic rings. The van der Waals surface area contributed by atoms with Crippen LogP contribution in [-0.2, 0) is 13.2 Å². The Labute approximate surface area is 142 Å². The van der Waals surface area contributed by atoms with Gasteiger partial charge in [0.2, 0.25) is 0 Å². The lowest BCUT2D eigenvalue weighted by Crippen LogP contribution is -2.34. The van der Waals surface area contributed by atoms with Crippen molar-refractivity contribution >= 4 is 23.2 Å². The molecule has 0 aliphatic rings. The predicted molar refractivity (Wildman–Crippen MR) is 93.8 cm³/mol. The molecule has 0 saturated heterocycles. The maximum atomic E-state index is 6.13. The van der Waals surface area contributed by atoms with Gasteiger partial charge in [0.05, 0.1) is 0 Å². The highest BCUT2D eigenvalue weighted by atomic mass is 35.5. The molecule has 0 unspecified atom stereocenters. The molecule has 0 atom stereocenters. The first-order chi connectivity index (χ1) is 10.3. The summed E-state index contributed by atoms with van der Waals surface area (Å²) in [4.78, 5) is 0. The van der Waals surface area contributed by atoms with Crippen LogP contribution in [0.1, 0.15) is 31.9 Å². The molecule has 0 aromatic heterocycles. The Bertz CT molecular complexity index is 618. The van der Waals surface area contributed by atoms with E-state index in [1.807, 2.05) is 24.3 Å². The van der Waals surface area contributed by atoms with Gasteiger partial charge in [-0.25, -0.2) is 0 Å². The summed E-state index contributed by atoms with van der Waals surface area (Å²) in [5.74, 6) is 0.825. The Morgan fingerprint density at radius 1 is 1.00 bits per heavy atom. The molecule has 0 fully saturated rings. The smallest absolute Gasteiger partial charge is 0.119 e. The van der Waals surface area contributed by atoms with E-state index in [4.69, 9.17) is 27.9 Å². The van der Waals surface area contributed by atoms with Crippen LogP contribution in [0.25, 0.3) is 0 Å². The van der Waals surface area contributed by atoms with Crippen molar-refractivity contribution in [1.29, 1.82) is 0 Å². The highest BCUT2D eigenvalue weighted by Gasteiger charge is 2.08. The molecular weight excluding hydrogens is 317 g/mol. The molecule has 4 heteroatoms. The van der Waals surface area contributed by atoms with E-state index in [2.05, 4.69) is 38.2 Å². The summed E-state index contributed by atoms with van der Waals surface area (Å²) in [6.07, 6.45) is 0. The van der Waals surface area contributed by atoms with Crippen molar-refractivity contribution in [2.75, 3.05) is 0 Å². The van der Waals surface area contributed by atoms with Crippen LogP contribution in [-0.4, -0.2) is 5.54 Å². The fourth-order valence-electron chi connectivity index (χ4n) is 1.87. The molecule has 0 amide bonds. The average Bonchev–Trinajstić information content (AvgIpc) is 2.44. The minimum absolute atomic E-state index is 0.112. The second kappa shape index (κ2) is 7.36. The van der Waals surface area contributed by atoms with E-state index in [0.717, 1.165) is 17.9 Å². The summed E-state index contributed by atoms with van der Waals surface area (Å²) in [7, 11) is 0. The molecular formula is C18H21Cl2NO. The number of hydrogen-bond acceptors (Lipinski definition) is 2. The number of rotatable bonds is 5. The van der Waals surface area contributed by atoms with E-state index in [9.17, 15) is 0 Å². The fourth-order valence-corrected chi connectivity index (χ4v) is 2.33. The van der Waals surface area contributed by atoms with Gasteiger partial charge in [-0.2, -0.15) is 0 Å². The van der Waals surface area contributed by atoms with Crippen molar-refractivity contribution in [1.82, 2.24) is 5.32 Å². The van der Waals surface area contributed by atoms with Crippen molar-refractivity contribution < 1.29 is 4.74 Å². The molecule has 2 rings (SSSR count). The van der Waals surface area contributed by atoms with E-state index < -0.39 is 0 Å². The average molecular weight is 338 g/mol. The third-order valence-electron chi connectivity index (χ3n) is 3.16. The Morgan fingerprint density at radius 3 is 2.27 bits per heavy atom. The van der Waals surface area contributed by atoms with Crippen LogP contribution in [0.2, 0.25) is 10.0 Å². The van der Waals surface area contributed by atoms with Crippen LogP contribution in [0.4, 0.5) is 0 Å². The van der Waals surface area contributed by atoms with Gasteiger partial charge < -0.3 is 10.1 Å². The van der Waals surface area contributed by atoms with Gasteiger partial charge in [-0.3, -0.25) is 0 Å². The molecule has 2 aromatic carbocycles. The highest BCUT2D eigenvalue weighted by molar-refractivity contribution is 6.35. The summed E-state index contributed by atoms with van der Waals surface area (Å²) < 4.78 is 5.77. The summed E-state index contributed by atoms with van der Waals surface area (Å²) in [6.45, 7) is 7.73. The summed E-state index contributed by atoms with van der Waals surface area (Å²) in [6, 6.07) is 13.5. The molecule has 0 radical (unpaired) electrons. The largest absolute Gasteiger partial charge is 0.489 e. The van der Waals surface area contributed by atoms with E-state index in [-0.39, 0.29) is 5.54 Å². The van der Waals surface area contributed by atoms with Gasteiger partial charge in [-0.15, -0.1) is 0 Å². The molecule has 118 valence electrons. The minimum atomic E-state index is 0.112. The SMILES string of the molecule is CC(C)(C)NCc1ccc(OCc2ccc(Cl)cc2Cl)cc1. The Morgan fingerprint density at radius 2 is 1.68 bits per heavy atom. The first-order valence-corrected chi connectivity index (χ1v) is 8.00. The van der Waals surface area contributed by atoms with Crippen LogP contribution in [0, 0.1) is 0 Å². The second-order valence-electron chi connectivity index (χ2n) is 6.27. The number of hydrogen-bond donors (Lipinski definition) is 1. The second-order valence-corrected chi connectivity index (χ2v) is 7.12.